The number of pyridine rings is 1. The van der Waals surface area contributed by atoms with E-state index in [2.05, 4.69) is 22.0 Å². The number of nitrogens with two attached hydrogens (primary N) is 1. The molecule has 0 radical (unpaired) electrons. The molecule has 5 N–H and O–H groups in total. The van der Waals surface area contributed by atoms with Crippen molar-refractivity contribution in [2.75, 3.05) is 17.2 Å². The fourth-order valence-corrected chi connectivity index (χ4v) is 7.35. The Bertz CT molecular complexity index is 1550. The number of allylic oxidation sites excluding steroid dienone is 1. The van der Waals surface area contributed by atoms with E-state index in [0.717, 1.165) is 16.2 Å². The van der Waals surface area contributed by atoms with Crippen LogP contribution in [0, 0.1) is 0 Å². The number of amides is 2. The summed E-state index contributed by atoms with van der Waals surface area (Å²) < 4.78 is 15.0. The molecule has 0 aliphatic carbocycles. The van der Waals surface area contributed by atoms with Gasteiger partial charge in [0, 0.05) is 23.3 Å². The minimum Gasteiger partial charge on any atom is -0.478 e. The van der Waals surface area contributed by atoms with Crippen molar-refractivity contribution in [2.45, 2.75) is 42.4 Å². The van der Waals surface area contributed by atoms with Crippen molar-refractivity contribution in [3.05, 3.63) is 59.4 Å². The van der Waals surface area contributed by atoms with Crippen LogP contribution in [-0.4, -0.2) is 82.3 Å². The number of thiazole rings is 1. The van der Waals surface area contributed by atoms with Gasteiger partial charge in [-0.2, -0.15) is 4.57 Å². The lowest BCUT2D eigenvalue weighted by atomic mass is 10.0. The molecule has 1 saturated heterocycles. The number of oxime groups is 1. The van der Waals surface area contributed by atoms with Gasteiger partial charge < -0.3 is 26.1 Å². The van der Waals surface area contributed by atoms with Gasteiger partial charge in [0.15, 0.2) is 23.6 Å². The summed E-state index contributed by atoms with van der Waals surface area (Å²) in [4.78, 5) is 60.3. The minimum absolute atomic E-state index is 0.00149. The van der Waals surface area contributed by atoms with Crippen molar-refractivity contribution in [3.8, 4) is 0 Å². The fourth-order valence-electron chi connectivity index (χ4n) is 3.99. The molecule has 222 valence electrons. The average molecular weight is 636 g/mol. The Morgan fingerprint density at radius 1 is 1.38 bits per heavy atom. The van der Waals surface area contributed by atoms with Gasteiger partial charge in [-0.15, -0.1) is 23.1 Å². The van der Waals surface area contributed by atoms with E-state index < -0.39 is 57.3 Å². The second-order valence-corrected chi connectivity index (χ2v) is 12.9. The molecule has 3 atom stereocenters. The number of aromatic nitrogens is 2. The quantitative estimate of drug-likeness (QED) is 0.0822. The number of nitrogens with zero attached hydrogens (tertiary/aromatic N) is 4. The number of aliphatic carboxylic acids is 2. The first-order valence-corrected chi connectivity index (χ1v) is 15.5. The van der Waals surface area contributed by atoms with Crippen molar-refractivity contribution < 1.29 is 43.0 Å². The summed E-state index contributed by atoms with van der Waals surface area (Å²) in [6.45, 7) is 6.57. The average Bonchev–Trinajstić information content (AvgIpc) is 3.37. The number of carbonyl (C=O) groups excluding carboxylic acids is 2. The molecule has 2 aromatic heterocycles. The number of β-lactam (4-membered cyclic amide) rings is 1. The third-order valence-electron chi connectivity index (χ3n) is 6.16. The lowest BCUT2D eigenvalue weighted by Crippen LogP contribution is -2.71. The zero-order valence-electron chi connectivity index (χ0n) is 22.4. The van der Waals surface area contributed by atoms with E-state index in [1.165, 1.54) is 31.0 Å². The smallest absolute Gasteiger partial charge is 0.352 e. The van der Waals surface area contributed by atoms with Crippen LogP contribution in [0.25, 0.3) is 0 Å². The number of anilines is 1. The summed E-state index contributed by atoms with van der Waals surface area (Å²) in [6, 6.07) is 4.05. The maximum atomic E-state index is 13.2. The van der Waals surface area contributed by atoms with Gasteiger partial charge in [0.1, 0.15) is 33.6 Å². The topological polar surface area (TPSA) is 205 Å². The molecule has 0 aromatic carbocycles. The highest BCUT2D eigenvalue weighted by molar-refractivity contribution is 8.00. The van der Waals surface area contributed by atoms with E-state index in [1.54, 1.807) is 35.0 Å². The van der Waals surface area contributed by atoms with Crippen LogP contribution in [0.1, 0.15) is 19.5 Å². The van der Waals surface area contributed by atoms with Crippen LogP contribution in [0.15, 0.2) is 63.9 Å². The number of hydrogen-bond donors (Lipinski definition) is 4. The Labute approximate surface area is 250 Å². The molecule has 0 spiro atoms. The normalized spacial score (nSPS) is 19.4. The van der Waals surface area contributed by atoms with Crippen LogP contribution in [0.2, 0.25) is 0 Å². The first-order valence-electron chi connectivity index (χ1n) is 12.2. The van der Waals surface area contributed by atoms with E-state index in [1.807, 2.05) is 0 Å². The maximum Gasteiger partial charge on any atom is 0.352 e. The molecule has 0 saturated carbocycles. The number of nitrogens with one attached hydrogen (secondary N) is 1. The summed E-state index contributed by atoms with van der Waals surface area (Å²) in [5.74, 6) is -4.23. The lowest BCUT2D eigenvalue weighted by Gasteiger charge is -2.49. The highest BCUT2D eigenvalue weighted by Crippen LogP contribution is 2.40. The van der Waals surface area contributed by atoms with Gasteiger partial charge in [-0.3, -0.25) is 14.5 Å². The zero-order valence-corrected chi connectivity index (χ0v) is 24.8. The first kappa shape index (κ1) is 30.9. The molecular weight excluding hydrogens is 609 g/mol. The monoisotopic (exact) mass is 635 g/mol. The van der Waals surface area contributed by atoms with Crippen molar-refractivity contribution >= 4 is 68.5 Å². The van der Waals surface area contributed by atoms with E-state index in [4.69, 9.17) is 10.6 Å². The molecule has 1 unspecified atom stereocenters. The standard InChI is InChI=1S/C25H26N6O8S3/c1-4-8-30-9-6-5-7-15(30)42(38)12-13-10-40-21-17(20(33)31(21)18(13)22(34)35)28-19(32)16(14-11-41-24(26)27-14)29-39-25(2,3)23(36)37/h4-7,9,11,17,21H,1,8,10,12H2,2-3H3,(H4-,26,27,28,32,34,35,36,37)/p+1/b29-16+/t17-,21-,42?/m0/s1. The van der Waals surface area contributed by atoms with E-state index in [0.29, 0.717) is 17.1 Å². The summed E-state index contributed by atoms with van der Waals surface area (Å²) in [5, 5.41) is 26.8. The van der Waals surface area contributed by atoms with Gasteiger partial charge in [-0.1, -0.05) is 11.7 Å². The van der Waals surface area contributed by atoms with Crippen LogP contribution < -0.4 is 15.6 Å². The zero-order chi connectivity index (χ0) is 30.8. The molecule has 2 aliphatic heterocycles. The van der Waals surface area contributed by atoms with Crippen LogP contribution in [0.3, 0.4) is 0 Å². The number of nitrogen functional groups attached to an aromatic ring is 1. The molecule has 4 rings (SSSR count). The number of thioether (sulfide) groups is 1. The van der Waals surface area contributed by atoms with Crippen LogP contribution in [-0.2, 0) is 41.4 Å². The number of carboxylic acid groups (broad SMARTS) is 2. The maximum absolute atomic E-state index is 13.2. The van der Waals surface area contributed by atoms with Gasteiger partial charge in [0.25, 0.3) is 16.8 Å². The summed E-state index contributed by atoms with van der Waals surface area (Å²) in [7, 11) is -1.62. The van der Waals surface area contributed by atoms with E-state index >= 15 is 0 Å². The second-order valence-electron chi connectivity index (χ2n) is 9.51. The minimum atomic E-state index is -1.78. The first-order chi connectivity index (χ1) is 19.9. The Hall–Kier alpha value is -4.09. The van der Waals surface area contributed by atoms with Gasteiger partial charge in [0.2, 0.25) is 5.60 Å². The predicted octanol–water partition coefficient (Wildman–Crippen LogP) is 0.329. The van der Waals surface area contributed by atoms with Crippen LogP contribution in [0.4, 0.5) is 5.13 Å². The second kappa shape index (κ2) is 12.4. The van der Waals surface area contributed by atoms with Crippen molar-refractivity contribution in [2.24, 2.45) is 5.16 Å². The van der Waals surface area contributed by atoms with Gasteiger partial charge in [0.05, 0.1) is 5.75 Å². The molecule has 1 fully saturated rings. The summed E-state index contributed by atoms with van der Waals surface area (Å²) in [5.41, 5.74) is 3.53. The number of fused-ring (bicyclic) bond motifs is 1. The predicted molar refractivity (Wildman–Crippen MR) is 154 cm³/mol. The third-order valence-corrected chi connectivity index (χ3v) is 9.62. The van der Waals surface area contributed by atoms with Crippen molar-refractivity contribution in [1.29, 1.82) is 0 Å². The number of carbonyl (C=O) groups is 4. The Balaban J connectivity index is 1.55. The molecule has 2 aromatic rings. The molecule has 4 heterocycles. The fraction of sp³-hybridized carbons (Fsp3) is 0.320. The van der Waals surface area contributed by atoms with Crippen molar-refractivity contribution in [3.63, 3.8) is 0 Å². The highest BCUT2D eigenvalue weighted by atomic mass is 32.2. The van der Waals surface area contributed by atoms with E-state index in [9.17, 15) is 33.6 Å². The summed E-state index contributed by atoms with van der Waals surface area (Å²) >= 11 is 2.22. The largest absolute Gasteiger partial charge is 0.478 e. The van der Waals surface area contributed by atoms with Gasteiger partial charge in [-0.05, 0) is 31.6 Å². The number of hydrogen-bond acceptors (Lipinski definition) is 11. The Morgan fingerprint density at radius 3 is 2.74 bits per heavy atom. The van der Waals surface area contributed by atoms with Crippen LogP contribution in [0.5, 0.6) is 0 Å². The number of rotatable bonds is 12. The van der Waals surface area contributed by atoms with Crippen molar-refractivity contribution in [1.82, 2.24) is 15.2 Å². The number of carboxylic acids is 2. The SMILES string of the molecule is C=CC[n+]1ccccc1S(=O)CC1=C(C(=O)O)N2C(=O)[C@H](NC(=O)/C(=N/OC(C)(C)C(=O)O)c3csc(N)n3)[C@@H]2SC1. The summed E-state index contributed by atoms with van der Waals surface area (Å²) in [6.07, 6.45) is 3.39. The third kappa shape index (κ3) is 6.22. The van der Waals surface area contributed by atoms with Gasteiger partial charge in [-0.25, -0.2) is 18.8 Å². The highest BCUT2D eigenvalue weighted by Gasteiger charge is 2.54. The van der Waals surface area contributed by atoms with E-state index in [-0.39, 0.29) is 28.0 Å². The Kier molecular flexibility index (Phi) is 9.12. The molecule has 0 bridgehead atoms. The lowest BCUT2D eigenvalue weighted by molar-refractivity contribution is -0.723. The molecular formula is C25H27N6O8S3+. The van der Waals surface area contributed by atoms with Gasteiger partial charge >= 0.3 is 11.9 Å². The van der Waals surface area contributed by atoms with Crippen LogP contribution >= 0.6 is 23.1 Å². The molecule has 14 nitrogen and oxygen atoms in total. The Morgan fingerprint density at radius 2 is 2.12 bits per heavy atom. The molecule has 17 heteroatoms. The molecule has 2 aliphatic rings. The molecule has 2 amide bonds. The molecule has 42 heavy (non-hydrogen) atoms.